The molecule has 2 aliphatic rings. The smallest absolute Gasteiger partial charge is 0.241 e. The molecular formula is C13H17N3O. The number of carbonyl (C=O) groups excluding carboxylic acids is 1. The van der Waals surface area contributed by atoms with Gasteiger partial charge in [-0.05, 0) is 18.6 Å². The number of piperazine rings is 1. The summed E-state index contributed by atoms with van der Waals surface area (Å²) in [5.74, 6) is 0.185. The quantitative estimate of drug-likeness (QED) is 0.715. The van der Waals surface area contributed by atoms with Crippen LogP contribution in [0.3, 0.4) is 0 Å². The molecule has 17 heavy (non-hydrogen) atoms. The normalized spacial score (nSPS) is 23.4. The zero-order valence-corrected chi connectivity index (χ0v) is 10.2. The highest BCUT2D eigenvalue weighted by Crippen LogP contribution is 2.37. The van der Waals surface area contributed by atoms with Gasteiger partial charge in [-0.1, -0.05) is 12.1 Å². The van der Waals surface area contributed by atoms with Crippen LogP contribution in [0.15, 0.2) is 18.2 Å². The predicted molar refractivity (Wildman–Crippen MR) is 68.6 cm³/mol. The molecule has 0 bridgehead atoms. The molecule has 1 fully saturated rings. The second-order valence-corrected chi connectivity index (χ2v) is 4.87. The van der Waals surface area contributed by atoms with Crippen molar-refractivity contribution in [2.24, 2.45) is 0 Å². The van der Waals surface area contributed by atoms with Crippen molar-refractivity contribution in [3.63, 3.8) is 0 Å². The van der Waals surface area contributed by atoms with Gasteiger partial charge in [-0.15, -0.1) is 0 Å². The summed E-state index contributed by atoms with van der Waals surface area (Å²) in [6, 6.07) is 6.48. The molecule has 4 heteroatoms. The van der Waals surface area contributed by atoms with E-state index in [0.29, 0.717) is 6.54 Å². The minimum absolute atomic E-state index is 0.185. The van der Waals surface area contributed by atoms with Crippen LogP contribution in [-0.4, -0.2) is 38.6 Å². The third kappa shape index (κ3) is 1.52. The number of likely N-dealkylation sites (N-methyl/N-ethyl adjacent to an activating group) is 1. The molecule has 2 aliphatic heterocycles. The monoisotopic (exact) mass is 231 g/mol. The van der Waals surface area contributed by atoms with E-state index >= 15 is 0 Å². The van der Waals surface area contributed by atoms with Crippen LogP contribution in [0.25, 0.3) is 0 Å². The topological polar surface area (TPSA) is 35.6 Å². The van der Waals surface area contributed by atoms with Gasteiger partial charge < -0.3 is 15.1 Å². The fourth-order valence-electron chi connectivity index (χ4n) is 2.86. The molecule has 1 saturated heterocycles. The number of hydrogen-bond acceptors (Lipinski definition) is 3. The van der Waals surface area contributed by atoms with Gasteiger partial charge in [0.2, 0.25) is 5.91 Å². The second-order valence-electron chi connectivity index (χ2n) is 4.87. The Hall–Kier alpha value is -1.55. The minimum atomic E-state index is 0.185. The zero-order chi connectivity index (χ0) is 12.0. The molecule has 0 spiro atoms. The summed E-state index contributed by atoms with van der Waals surface area (Å²) in [5.41, 5.74) is 3.43. The number of fused-ring (bicyclic) bond motifs is 3. The molecule has 1 aromatic rings. The van der Waals surface area contributed by atoms with Crippen LogP contribution < -0.4 is 15.1 Å². The van der Waals surface area contributed by atoms with E-state index in [1.165, 1.54) is 5.56 Å². The molecule has 4 nitrogen and oxygen atoms in total. The summed E-state index contributed by atoms with van der Waals surface area (Å²) in [5, 5.41) is 3.19. The fourth-order valence-corrected chi connectivity index (χ4v) is 2.86. The van der Waals surface area contributed by atoms with Crippen molar-refractivity contribution in [3.05, 3.63) is 23.8 Å². The highest BCUT2D eigenvalue weighted by atomic mass is 16.2. The molecular weight excluding hydrogens is 214 g/mol. The van der Waals surface area contributed by atoms with E-state index in [9.17, 15) is 4.79 Å². The number of benzene rings is 1. The molecule has 1 N–H and O–H groups in total. The van der Waals surface area contributed by atoms with Crippen molar-refractivity contribution >= 4 is 17.3 Å². The van der Waals surface area contributed by atoms with Crippen molar-refractivity contribution in [1.82, 2.24) is 5.32 Å². The number of amides is 1. The van der Waals surface area contributed by atoms with Crippen LogP contribution >= 0.6 is 0 Å². The van der Waals surface area contributed by atoms with E-state index in [1.54, 1.807) is 0 Å². The van der Waals surface area contributed by atoms with Gasteiger partial charge in [0.15, 0.2) is 0 Å². The Kier molecular flexibility index (Phi) is 2.33. The maximum atomic E-state index is 12.1. The lowest BCUT2D eigenvalue weighted by Gasteiger charge is -2.45. The van der Waals surface area contributed by atoms with E-state index < -0.39 is 0 Å². The van der Waals surface area contributed by atoms with Crippen LogP contribution in [-0.2, 0) is 4.79 Å². The molecule has 2 heterocycles. The summed E-state index contributed by atoms with van der Waals surface area (Å²) < 4.78 is 0. The van der Waals surface area contributed by atoms with Crippen molar-refractivity contribution in [3.8, 4) is 0 Å². The van der Waals surface area contributed by atoms with Crippen molar-refractivity contribution < 1.29 is 4.79 Å². The van der Waals surface area contributed by atoms with Gasteiger partial charge in [0, 0.05) is 20.1 Å². The van der Waals surface area contributed by atoms with Gasteiger partial charge in [-0.3, -0.25) is 4.79 Å². The lowest BCUT2D eigenvalue weighted by Crippen LogP contribution is -2.61. The number of carbonyl (C=O) groups is 1. The van der Waals surface area contributed by atoms with Gasteiger partial charge in [0.1, 0.15) is 0 Å². The molecule has 0 aliphatic carbocycles. The molecule has 1 aromatic carbocycles. The van der Waals surface area contributed by atoms with E-state index in [0.717, 1.165) is 24.5 Å². The first-order valence-electron chi connectivity index (χ1n) is 6.02. The van der Waals surface area contributed by atoms with E-state index in [4.69, 9.17) is 0 Å². The molecule has 1 atom stereocenters. The maximum Gasteiger partial charge on any atom is 0.241 e. The molecule has 0 aromatic heterocycles. The Bertz CT molecular complexity index is 472. The second kappa shape index (κ2) is 3.74. The number of aryl methyl sites for hydroxylation is 1. The van der Waals surface area contributed by atoms with Crippen LogP contribution in [0, 0.1) is 6.92 Å². The lowest BCUT2D eigenvalue weighted by molar-refractivity contribution is -0.119. The summed E-state index contributed by atoms with van der Waals surface area (Å²) in [6.07, 6.45) is 0. The van der Waals surface area contributed by atoms with Gasteiger partial charge in [0.05, 0.1) is 24.0 Å². The van der Waals surface area contributed by atoms with Crippen molar-refractivity contribution in [2.45, 2.75) is 13.0 Å². The van der Waals surface area contributed by atoms with Crippen LogP contribution in [0.2, 0.25) is 0 Å². The number of nitrogens with one attached hydrogen (secondary N) is 1. The lowest BCUT2D eigenvalue weighted by atomic mass is 10.0. The molecule has 1 amide bonds. The Morgan fingerprint density at radius 3 is 3.06 bits per heavy atom. The highest BCUT2D eigenvalue weighted by molar-refractivity contribution is 6.01. The Balaban J connectivity index is 2.15. The minimum Gasteiger partial charge on any atom is -0.371 e. The Morgan fingerprint density at radius 1 is 1.41 bits per heavy atom. The van der Waals surface area contributed by atoms with Crippen molar-refractivity contribution in [1.29, 1.82) is 0 Å². The standard InChI is InChI=1S/C13H17N3O/c1-9-4-3-5-11-13(9)16-10(8-15(11)2)6-14-7-12(16)17/h3-5,10,14H,6-8H2,1-2H3. The predicted octanol–water partition coefficient (Wildman–Crippen LogP) is 0.750. The number of nitrogens with zero attached hydrogens (tertiary/aromatic N) is 2. The number of rotatable bonds is 0. The first-order chi connectivity index (χ1) is 8.18. The van der Waals surface area contributed by atoms with Crippen LogP contribution in [0.5, 0.6) is 0 Å². The first-order valence-corrected chi connectivity index (χ1v) is 6.02. The summed E-state index contributed by atoms with van der Waals surface area (Å²) in [6.45, 7) is 4.30. The van der Waals surface area contributed by atoms with E-state index in [1.807, 2.05) is 4.90 Å². The number of anilines is 2. The third-order valence-corrected chi connectivity index (χ3v) is 3.64. The Labute approximate surface area is 101 Å². The zero-order valence-electron chi connectivity index (χ0n) is 10.2. The SMILES string of the molecule is Cc1cccc2c1N1C(=O)CNCC1CN2C. The van der Waals surface area contributed by atoms with Crippen molar-refractivity contribution in [2.75, 3.05) is 36.5 Å². The molecule has 90 valence electrons. The van der Waals surface area contributed by atoms with E-state index in [-0.39, 0.29) is 11.9 Å². The average Bonchev–Trinajstić information content (AvgIpc) is 2.30. The van der Waals surface area contributed by atoms with Crippen LogP contribution in [0.4, 0.5) is 11.4 Å². The molecule has 1 unspecified atom stereocenters. The largest absolute Gasteiger partial charge is 0.371 e. The summed E-state index contributed by atoms with van der Waals surface area (Å²) in [4.78, 5) is 16.3. The first kappa shape index (κ1) is 10.6. The molecule has 3 rings (SSSR count). The van der Waals surface area contributed by atoms with Crippen LogP contribution in [0.1, 0.15) is 5.56 Å². The summed E-state index contributed by atoms with van der Waals surface area (Å²) in [7, 11) is 2.09. The number of hydrogen-bond donors (Lipinski definition) is 1. The number of para-hydroxylation sites is 1. The molecule has 0 radical (unpaired) electrons. The van der Waals surface area contributed by atoms with Gasteiger partial charge in [0.25, 0.3) is 0 Å². The van der Waals surface area contributed by atoms with Gasteiger partial charge in [-0.25, -0.2) is 0 Å². The third-order valence-electron chi connectivity index (χ3n) is 3.64. The fraction of sp³-hybridized carbons (Fsp3) is 0.462. The maximum absolute atomic E-state index is 12.1. The summed E-state index contributed by atoms with van der Waals surface area (Å²) >= 11 is 0. The highest BCUT2D eigenvalue weighted by Gasteiger charge is 2.36. The molecule has 0 saturated carbocycles. The van der Waals surface area contributed by atoms with E-state index in [2.05, 4.69) is 42.4 Å². The Morgan fingerprint density at radius 2 is 2.24 bits per heavy atom. The average molecular weight is 231 g/mol. The van der Waals surface area contributed by atoms with Gasteiger partial charge in [-0.2, -0.15) is 0 Å². The van der Waals surface area contributed by atoms with Gasteiger partial charge >= 0.3 is 0 Å².